The Kier molecular flexibility index (Phi) is 5.46. The number of benzene rings is 1. The Labute approximate surface area is 173 Å². The van der Waals surface area contributed by atoms with Gasteiger partial charge in [-0.2, -0.15) is 15.0 Å². The molecule has 30 heavy (non-hydrogen) atoms. The fraction of sp³-hybridized carbons (Fsp3) is 0.450. The second-order valence-electron chi connectivity index (χ2n) is 7.48. The van der Waals surface area contributed by atoms with Crippen LogP contribution in [0.15, 0.2) is 24.3 Å². The fourth-order valence-electron chi connectivity index (χ4n) is 3.29. The molecular weight excluding hydrogens is 390 g/mol. The van der Waals surface area contributed by atoms with Crippen molar-refractivity contribution in [1.82, 2.24) is 19.5 Å². The van der Waals surface area contributed by atoms with E-state index in [0.29, 0.717) is 30.3 Å². The third-order valence-electron chi connectivity index (χ3n) is 4.76. The summed E-state index contributed by atoms with van der Waals surface area (Å²) >= 11 is 0. The van der Waals surface area contributed by atoms with Crippen molar-refractivity contribution in [2.75, 3.05) is 26.1 Å². The van der Waals surface area contributed by atoms with Gasteiger partial charge in [0.15, 0.2) is 22.8 Å². The standard InChI is InChI=1S/C20H25N5O5/c1-20(2)29-11-14(30-20)10-28-18-23-16(21)15-17(24-18)25(19(22-15)27-3)8-12-4-6-13(9-26)7-5-12/h4-7,14,26H,8-11H2,1-3H3,(H2,21,23,24). The van der Waals surface area contributed by atoms with E-state index >= 15 is 0 Å². The zero-order valence-corrected chi connectivity index (χ0v) is 17.2. The third kappa shape index (κ3) is 4.16. The van der Waals surface area contributed by atoms with E-state index in [4.69, 9.17) is 24.7 Å². The summed E-state index contributed by atoms with van der Waals surface area (Å²) in [6, 6.07) is 8.08. The summed E-state index contributed by atoms with van der Waals surface area (Å²) < 4.78 is 24.2. The van der Waals surface area contributed by atoms with Crippen LogP contribution in [0.2, 0.25) is 0 Å². The lowest BCUT2D eigenvalue weighted by Gasteiger charge is -2.17. The molecule has 3 heterocycles. The highest BCUT2D eigenvalue weighted by Crippen LogP contribution is 2.27. The minimum Gasteiger partial charge on any atom is -0.468 e. The quantitative estimate of drug-likeness (QED) is 0.590. The first-order valence-corrected chi connectivity index (χ1v) is 9.59. The topological polar surface area (TPSA) is 127 Å². The Balaban J connectivity index is 1.60. The van der Waals surface area contributed by atoms with Gasteiger partial charge in [0.2, 0.25) is 0 Å². The van der Waals surface area contributed by atoms with Crippen LogP contribution in [-0.2, 0) is 22.6 Å². The van der Waals surface area contributed by atoms with Crippen LogP contribution in [0.1, 0.15) is 25.0 Å². The van der Waals surface area contributed by atoms with Crippen molar-refractivity contribution < 1.29 is 24.1 Å². The summed E-state index contributed by atoms with van der Waals surface area (Å²) in [5.41, 5.74) is 8.87. The summed E-state index contributed by atoms with van der Waals surface area (Å²) in [4.78, 5) is 13.1. The van der Waals surface area contributed by atoms with Crippen molar-refractivity contribution in [1.29, 1.82) is 0 Å². The number of aliphatic hydroxyl groups excluding tert-OH is 1. The van der Waals surface area contributed by atoms with E-state index in [0.717, 1.165) is 11.1 Å². The predicted molar refractivity (Wildman–Crippen MR) is 108 cm³/mol. The third-order valence-corrected chi connectivity index (χ3v) is 4.76. The zero-order valence-electron chi connectivity index (χ0n) is 17.2. The number of methoxy groups -OCH3 is 1. The number of ether oxygens (including phenoxy) is 4. The number of aromatic nitrogens is 4. The number of nitrogen functional groups attached to an aromatic ring is 1. The van der Waals surface area contributed by atoms with Gasteiger partial charge in [0.25, 0.3) is 6.01 Å². The molecule has 1 fully saturated rings. The predicted octanol–water partition coefficient (Wildman–Crippen LogP) is 1.49. The van der Waals surface area contributed by atoms with Crippen LogP contribution in [0.25, 0.3) is 11.2 Å². The Hall–Kier alpha value is -2.95. The molecule has 3 N–H and O–H groups in total. The molecule has 0 radical (unpaired) electrons. The number of rotatable bonds is 7. The molecule has 1 aromatic carbocycles. The molecule has 3 aromatic rings. The van der Waals surface area contributed by atoms with Crippen molar-refractivity contribution in [3.8, 4) is 12.0 Å². The van der Waals surface area contributed by atoms with E-state index in [-0.39, 0.29) is 31.1 Å². The molecule has 0 amide bonds. The molecule has 10 nitrogen and oxygen atoms in total. The van der Waals surface area contributed by atoms with Crippen molar-refractivity contribution >= 4 is 17.0 Å². The maximum atomic E-state index is 9.23. The van der Waals surface area contributed by atoms with Crippen molar-refractivity contribution in [3.05, 3.63) is 35.4 Å². The summed E-state index contributed by atoms with van der Waals surface area (Å²) in [6.45, 7) is 4.82. The number of fused-ring (bicyclic) bond motifs is 1. The number of hydrogen-bond acceptors (Lipinski definition) is 9. The maximum absolute atomic E-state index is 9.23. The first-order chi connectivity index (χ1) is 14.4. The molecule has 1 aliphatic heterocycles. The zero-order chi connectivity index (χ0) is 21.3. The van der Waals surface area contributed by atoms with E-state index < -0.39 is 5.79 Å². The maximum Gasteiger partial charge on any atom is 0.320 e. The molecule has 1 unspecified atom stereocenters. The Morgan fingerprint density at radius 1 is 1.20 bits per heavy atom. The largest absolute Gasteiger partial charge is 0.468 e. The first-order valence-electron chi connectivity index (χ1n) is 9.59. The van der Waals surface area contributed by atoms with E-state index in [1.165, 1.54) is 7.11 Å². The van der Waals surface area contributed by atoms with Crippen LogP contribution in [0.3, 0.4) is 0 Å². The fourth-order valence-corrected chi connectivity index (χ4v) is 3.29. The van der Waals surface area contributed by atoms with E-state index in [2.05, 4.69) is 15.0 Å². The lowest BCUT2D eigenvalue weighted by atomic mass is 10.1. The van der Waals surface area contributed by atoms with Crippen molar-refractivity contribution in [3.63, 3.8) is 0 Å². The van der Waals surface area contributed by atoms with Gasteiger partial charge in [-0.25, -0.2) is 0 Å². The SMILES string of the molecule is COc1nc2c(N)nc(OCC3COC(C)(C)O3)nc2n1Cc1ccc(CO)cc1. The summed E-state index contributed by atoms with van der Waals surface area (Å²) in [5.74, 6) is -0.429. The molecular formula is C20H25N5O5. The van der Waals surface area contributed by atoms with Crippen molar-refractivity contribution in [2.24, 2.45) is 0 Å². The normalized spacial score (nSPS) is 18.1. The van der Waals surface area contributed by atoms with Crippen LogP contribution in [0.4, 0.5) is 5.82 Å². The Morgan fingerprint density at radius 2 is 1.93 bits per heavy atom. The Bertz CT molecular complexity index is 1030. The van der Waals surface area contributed by atoms with Gasteiger partial charge in [-0.1, -0.05) is 24.3 Å². The van der Waals surface area contributed by atoms with Gasteiger partial charge >= 0.3 is 6.01 Å². The summed E-state index contributed by atoms with van der Waals surface area (Å²) in [5, 5.41) is 9.23. The second kappa shape index (κ2) is 8.05. The van der Waals surface area contributed by atoms with Crippen LogP contribution in [0.5, 0.6) is 12.0 Å². The second-order valence-corrected chi connectivity index (χ2v) is 7.48. The average molecular weight is 415 g/mol. The minimum atomic E-state index is -0.630. The van der Waals surface area contributed by atoms with Gasteiger partial charge in [0.05, 0.1) is 26.9 Å². The monoisotopic (exact) mass is 415 g/mol. The number of nitrogens with zero attached hydrogens (tertiary/aromatic N) is 4. The summed E-state index contributed by atoms with van der Waals surface area (Å²) in [7, 11) is 1.53. The minimum absolute atomic E-state index is 0.00496. The number of hydrogen-bond donors (Lipinski definition) is 2. The molecule has 160 valence electrons. The highest BCUT2D eigenvalue weighted by molar-refractivity contribution is 5.83. The van der Waals surface area contributed by atoms with Crippen LogP contribution in [0, 0.1) is 0 Å². The molecule has 4 rings (SSSR count). The molecule has 0 bridgehead atoms. The Morgan fingerprint density at radius 3 is 2.57 bits per heavy atom. The van der Waals surface area contributed by atoms with Gasteiger partial charge < -0.3 is 29.8 Å². The van der Waals surface area contributed by atoms with Crippen LogP contribution in [-0.4, -0.2) is 56.8 Å². The van der Waals surface area contributed by atoms with E-state index in [1.54, 1.807) is 4.57 Å². The van der Waals surface area contributed by atoms with E-state index in [9.17, 15) is 5.11 Å². The molecule has 10 heteroatoms. The average Bonchev–Trinajstić information content (AvgIpc) is 3.26. The molecule has 1 atom stereocenters. The first kappa shape index (κ1) is 20.3. The van der Waals surface area contributed by atoms with Crippen LogP contribution >= 0.6 is 0 Å². The molecule has 2 aromatic heterocycles. The van der Waals surface area contributed by atoms with Gasteiger partial charge in [0.1, 0.15) is 12.7 Å². The number of aliphatic hydroxyl groups is 1. The summed E-state index contributed by atoms with van der Waals surface area (Å²) in [6.07, 6.45) is -0.218. The van der Waals surface area contributed by atoms with E-state index in [1.807, 2.05) is 38.1 Å². The van der Waals surface area contributed by atoms with Crippen LogP contribution < -0.4 is 15.2 Å². The molecule has 0 saturated carbocycles. The molecule has 1 aliphatic rings. The van der Waals surface area contributed by atoms with Gasteiger partial charge in [0, 0.05) is 0 Å². The lowest BCUT2D eigenvalue weighted by Crippen LogP contribution is -2.25. The van der Waals surface area contributed by atoms with Gasteiger partial charge in [-0.3, -0.25) is 4.57 Å². The molecule has 1 saturated heterocycles. The van der Waals surface area contributed by atoms with Gasteiger partial charge in [-0.15, -0.1) is 0 Å². The highest BCUT2D eigenvalue weighted by Gasteiger charge is 2.33. The molecule has 0 aliphatic carbocycles. The number of nitrogens with two attached hydrogens (primary N) is 1. The molecule has 0 spiro atoms. The smallest absolute Gasteiger partial charge is 0.320 e. The number of anilines is 1. The lowest BCUT2D eigenvalue weighted by molar-refractivity contribution is -0.141. The number of imidazole rings is 1. The highest BCUT2D eigenvalue weighted by atomic mass is 16.7. The van der Waals surface area contributed by atoms with Crippen molar-refractivity contribution in [2.45, 2.75) is 38.9 Å². The van der Waals surface area contributed by atoms with Gasteiger partial charge in [-0.05, 0) is 25.0 Å².